The van der Waals surface area contributed by atoms with Crippen LogP contribution in [0.2, 0.25) is 0 Å². The fourth-order valence-corrected chi connectivity index (χ4v) is 2.83. The van der Waals surface area contributed by atoms with E-state index in [-0.39, 0.29) is 24.3 Å². The van der Waals surface area contributed by atoms with Crippen LogP contribution in [-0.2, 0) is 20.7 Å². The number of nitrogens with one attached hydrogen (secondary N) is 1. The van der Waals surface area contributed by atoms with Crippen LogP contribution in [-0.4, -0.2) is 41.5 Å². The van der Waals surface area contributed by atoms with Gasteiger partial charge in [0.15, 0.2) is 0 Å². The third-order valence-corrected chi connectivity index (χ3v) is 4.17. The molecule has 0 aliphatic rings. The van der Waals surface area contributed by atoms with Crippen LogP contribution < -0.4 is 14.8 Å². The number of hydrogen-bond donors (Lipinski definition) is 1. The number of nitro benzene ring substituents is 2. The first-order valence-corrected chi connectivity index (χ1v) is 9.37. The monoisotopic (exact) mass is 447 g/mol. The van der Waals surface area contributed by atoms with Gasteiger partial charge in [0.2, 0.25) is 5.91 Å². The lowest BCUT2D eigenvalue weighted by Crippen LogP contribution is -2.42. The van der Waals surface area contributed by atoms with Crippen LogP contribution in [0.3, 0.4) is 0 Å². The number of benzene rings is 2. The molecule has 12 nitrogen and oxygen atoms in total. The predicted octanol–water partition coefficient (Wildman–Crippen LogP) is 2.91. The molecule has 2 aromatic carbocycles. The van der Waals surface area contributed by atoms with E-state index in [1.54, 1.807) is 6.92 Å². The van der Waals surface area contributed by atoms with Crippen molar-refractivity contribution in [3.8, 4) is 17.2 Å². The van der Waals surface area contributed by atoms with Crippen molar-refractivity contribution in [2.45, 2.75) is 26.3 Å². The number of hydrogen-bond acceptors (Lipinski definition) is 9. The van der Waals surface area contributed by atoms with Crippen molar-refractivity contribution < 1.29 is 33.6 Å². The molecule has 1 amide bonds. The Morgan fingerprint density at radius 2 is 1.56 bits per heavy atom. The Morgan fingerprint density at radius 3 is 2.00 bits per heavy atom. The second kappa shape index (κ2) is 10.7. The highest BCUT2D eigenvalue weighted by molar-refractivity contribution is 5.83. The molecule has 0 fully saturated rings. The van der Waals surface area contributed by atoms with Crippen LogP contribution in [0.5, 0.6) is 17.2 Å². The number of amides is 1. The Balaban J connectivity index is 2.50. The number of ether oxygens (including phenoxy) is 3. The summed E-state index contributed by atoms with van der Waals surface area (Å²) in [7, 11) is 1.45. The molecule has 0 saturated carbocycles. The molecule has 0 bridgehead atoms. The maximum absolute atomic E-state index is 12.1. The molecule has 12 heteroatoms. The average molecular weight is 447 g/mol. The van der Waals surface area contributed by atoms with E-state index in [1.807, 2.05) is 0 Å². The summed E-state index contributed by atoms with van der Waals surface area (Å²) in [6, 6.07) is 6.86. The van der Waals surface area contributed by atoms with Crippen LogP contribution in [0.1, 0.15) is 19.4 Å². The molecule has 0 radical (unpaired) electrons. The van der Waals surface area contributed by atoms with Crippen molar-refractivity contribution in [2.75, 3.05) is 13.7 Å². The zero-order valence-corrected chi connectivity index (χ0v) is 17.5. The van der Waals surface area contributed by atoms with Gasteiger partial charge in [-0.2, -0.15) is 0 Å². The van der Waals surface area contributed by atoms with Gasteiger partial charge in [-0.25, -0.2) is 4.79 Å². The highest BCUT2D eigenvalue weighted by Gasteiger charge is 2.31. The van der Waals surface area contributed by atoms with E-state index in [2.05, 4.69) is 5.32 Å². The van der Waals surface area contributed by atoms with E-state index < -0.39 is 44.9 Å². The molecule has 2 aromatic rings. The molecule has 32 heavy (non-hydrogen) atoms. The van der Waals surface area contributed by atoms with E-state index >= 15 is 0 Å². The summed E-state index contributed by atoms with van der Waals surface area (Å²) in [6.45, 7) is 2.80. The molecular weight excluding hydrogens is 426 g/mol. The van der Waals surface area contributed by atoms with Crippen LogP contribution in [0.4, 0.5) is 11.4 Å². The van der Waals surface area contributed by atoms with Gasteiger partial charge < -0.3 is 19.5 Å². The zero-order chi connectivity index (χ0) is 23.8. The van der Waals surface area contributed by atoms with Gasteiger partial charge in [0.1, 0.15) is 17.5 Å². The maximum Gasteiger partial charge on any atom is 0.328 e. The van der Waals surface area contributed by atoms with Crippen LogP contribution in [0, 0.1) is 20.2 Å². The average Bonchev–Trinajstić information content (AvgIpc) is 2.74. The first kappa shape index (κ1) is 24.1. The van der Waals surface area contributed by atoms with Gasteiger partial charge in [0.25, 0.3) is 5.75 Å². The maximum atomic E-state index is 12.1. The number of nitro groups is 2. The van der Waals surface area contributed by atoms with Crippen molar-refractivity contribution in [3.05, 3.63) is 62.2 Å². The summed E-state index contributed by atoms with van der Waals surface area (Å²) < 4.78 is 15.4. The van der Waals surface area contributed by atoms with E-state index in [0.717, 1.165) is 12.1 Å². The first-order chi connectivity index (χ1) is 15.2. The fourth-order valence-electron chi connectivity index (χ4n) is 2.83. The SMILES string of the molecule is CCOC(=O)[C@H](Cc1cc([N+](=O)[O-])c(Oc2ccc(OC)cc2)c([N+](=O)[O-])c1)NC(C)=O. The number of carbonyl (C=O) groups is 2. The number of carbonyl (C=O) groups excluding carboxylic acids is 2. The second-order valence-corrected chi connectivity index (χ2v) is 6.46. The minimum absolute atomic E-state index is 0.0455. The Morgan fingerprint density at radius 1 is 1.03 bits per heavy atom. The van der Waals surface area contributed by atoms with Gasteiger partial charge in [-0.05, 0) is 36.8 Å². The summed E-state index contributed by atoms with van der Waals surface area (Å²) in [5.74, 6) is -1.26. The quantitative estimate of drug-likeness (QED) is 0.328. The molecule has 170 valence electrons. The van der Waals surface area contributed by atoms with Gasteiger partial charge in [-0.15, -0.1) is 0 Å². The zero-order valence-electron chi connectivity index (χ0n) is 17.5. The third-order valence-electron chi connectivity index (χ3n) is 4.17. The fraction of sp³-hybridized carbons (Fsp3) is 0.300. The van der Waals surface area contributed by atoms with Crippen molar-refractivity contribution >= 4 is 23.3 Å². The summed E-state index contributed by atoms with van der Waals surface area (Å²) in [5.41, 5.74) is -1.27. The molecule has 0 saturated heterocycles. The van der Waals surface area contributed by atoms with Gasteiger partial charge in [-0.1, -0.05) is 0 Å². The minimum Gasteiger partial charge on any atom is -0.497 e. The summed E-state index contributed by atoms with van der Waals surface area (Å²) >= 11 is 0. The second-order valence-electron chi connectivity index (χ2n) is 6.46. The molecule has 2 rings (SSSR count). The largest absolute Gasteiger partial charge is 0.497 e. The highest BCUT2D eigenvalue weighted by Crippen LogP contribution is 2.41. The molecule has 0 spiro atoms. The molecule has 0 unspecified atom stereocenters. The van der Waals surface area contributed by atoms with Gasteiger partial charge in [0.05, 0.1) is 23.6 Å². The standard InChI is InChI=1S/C20H21N3O9/c1-4-31-20(25)16(21-12(2)24)9-13-10-17(22(26)27)19(18(11-13)23(28)29)32-15-7-5-14(30-3)6-8-15/h5-8,10-11,16H,4,9H2,1-3H3,(H,21,24)/t16-/m0/s1. The summed E-state index contributed by atoms with van der Waals surface area (Å²) in [6.07, 6.45) is -0.261. The van der Waals surface area contributed by atoms with Crippen molar-refractivity contribution in [2.24, 2.45) is 0 Å². The molecule has 0 heterocycles. The van der Waals surface area contributed by atoms with Crippen molar-refractivity contribution in [1.29, 1.82) is 0 Å². The Kier molecular flexibility index (Phi) is 8.04. The van der Waals surface area contributed by atoms with Crippen molar-refractivity contribution in [1.82, 2.24) is 5.32 Å². The van der Waals surface area contributed by atoms with E-state index in [1.165, 1.54) is 38.3 Å². The first-order valence-electron chi connectivity index (χ1n) is 9.37. The molecule has 0 aliphatic heterocycles. The van der Waals surface area contributed by atoms with Gasteiger partial charge >= 0.3 is 17.3 Å². The predicted molar refractivity (Wildman–Crippen MR) is 111 cm³/mol. The summed E-state index contributed by atoms with van der Waals surface area (Å²) in [4.78, 5) is 45.3. The lowest BCUT2D eigenvalue weighted by atomic mass is 10.0. The Bertz CT molecular complexity index is 986. The number of nitrogens with zero attached hydrogens (tertiary/aromatic N) is 2. The van der Waals surface area contributed by atoms with Crippen molar-refractivity contribution in [3.63, 3.8) is 0 Å². The minimum atomic E-state index is -1.18. The number of esters is 1. The number of methoxy groups -OCH3 is 1. The smallest absolute Gasteiger partial charge is 0.328 e. The number of rotatable bonds is 10. The van der Waals surface area contributed by atoms with Gasteiger partial charge in [0, 0.05) is 25.5 Å². The molecule has 1 N–H and O–H groups in total. The Labute approximate surface area is 182 Å². The third kappa shape index (κ3) is 6.14. The lowest BCUT2D eigenvalue weighted by Gasteiger charge is -2.17. The van der Waals surface area contributed by atoms with E-state index in [4.69, 9.17) is 14.2 Å². The van der Waals surface area contributed by atoms with Gasteiger partial charge in [-0.3, -0.25) is 25.0 Å². The normalized spacial score (nSPS) is 11.2. The molecular formula is C20H21N3O9. The molecule has 0 aromatic heterocycles. The van der Waals surface area contributed by atoms with Crippen LogP contribution in [0.15, 0.2) is 36.4 Å². The highest BCUT2D eigenvalue weighted by atomic mass is 16.6. The van der Waals surface area contributed by atoms with E-state index in [9.17, 15) is 29.8 Å². The van der Waals surface area contributed by atoms with Crippen LogP contribution >= 0.6 is 0 Å². The lowest BCUT2D eigenvalue weighted by molar-refractivity contribution is -0.395. The molecule has 0 aliphatic carbocycles. The molecule has 1 atom stereocenters. The summed E-state index contributed by atoms with van der Waals surface area (Å²) in [5, 5.41) is 25.7. The van der Waals surface area contributed by atoms with Crippen LogP contribution in [0.25, 0.3) is 0 Å². The van der Waals surface area contributed by atoms with E-state index in [0.29, 0.717) is 5.75 Å². The Hall–Kier alpha value is -4.22. The topological polar surface area (TPSA) is 160 Å².